The molecule has 1 aromatic carbocycles. The zero-order valence-corrected chi connectivity index (χ0v) is 11.3. The third-order valence-electron chi connectivity index (χ3n) is 2.47. The van der Waals surface area contributed by atoms with Gasteiger partial charge in [-0.2, -0.15) is 0 Å². The fourth-order valence-electron chi connectivity index (χ4n) is 1.53. The number of aromatic carboxylic acids is 1. The molecule has 0 aliphatic rings. The van der Waals surface area contributed by atoms with E-state index in [1.807, 2.05) is 0 Å². The monoisotopic (exact) mass is 293 g/mol. The molecule has 0 saturated heterocycles. The van der Waals surface area contributed by atoms with E-state index < -0.39 is 15.8 Å². The van der Waals surface area contributed by atoms with Crippen LogP contribution in [0.4, 0.5) is 0 Å². The Balaban J connectivity index is 2.39. The van der Waals surface area contributed by atoms with Crippen molar-refractivity contribution in [2.75, 3.05) is 6.26 Å². The average molecular weight is 293 g/mol. The average Bonchev–Trinajstić information content (AvgIpc) is 2.38. The molecular weight excluding hydrogens is 282 g/mol. The number of ether oxygens (including phenoxy) is 1. The van der Waals surface area contributed by atoms with Crippen molar-refractivity contribution >= 4 is 15.8 Å². The molecule has 2 aromatic rings. The fourth-order valence-corrected chi connectivity index (χ4v) is 2.18. The van der Waals surface area contributed by atoms with Gasteiger partial charge in [0.05, 0.1) is 4.90 Å². The van der Waals surface area contributed by atoms with E-state index in [4.69, 9.17) is 9.84 Å². The van der Waals surface area contributed by atoms with Gasteiger partial charge in [0, 0.05) is 24.7 Å². The topological polar surface area (TPSA) is 93.6 Å². The summed E-state index contributed by atoms with van der Waals surface area (Å²) in [5, 5.41) is 9.01. The van der Waals surface area contributed by atoms with Crippen molar-refractivity contribution in [3.8, 4) is 11.5 Å². The molecule has 0 unspecified atom stereocenters. The van der Waals surface area contributed by atoms with E-state index in [-0.39, 0.29) is 22.0 Å². The standard InChI is InChI=1S/C13H11NO5S/c1-20(17,18)10-4-2-3-9(7-10)19-12-5-6-14-8-11(12)13(15)16/h2-8H,1H3,(H,15,16). The van der Waals surface area contributed by atoms with Crippen LogP contribution in [0.2, 0.25) is 0 Å². The Morgan fingerprint density at radius 2 is 2.05 bits per heavy atom. The van der Waals surface area contributed by atoms with Gasteiger partial charge in [0.25, 0.3) is 0 Å². The summed E-state index contributed by atoms with van der Waals surface area (Å²) < 4.78 is 28.3. The van der Waals surface area contributed by atoms with Crippen molar-refractivity contribution in [2.45, 2.75) is 4.90 Å². The van der Waals surface area contributed by atoms with E-state index in [0.717, 1.165) is 12.5 Å². The predicted octanol–water partition coefficient (Wildman–Crippen LogP) is 1.98. The van der Waals surface area contributed by atoms with Crippen molar-refractivity contribution in [1.29, 1.82) is 0 Å². The van der Waals surface area contributed by atoms with Crippen LogP contribution in [0.1, 0.15) is 10.4 Å². The summed E-state index contributed by atoms with van der Waals surface area (Å²) >= 11 is 0. The van der Waals surface area contributed by atoms with Crippen LogP contribution in [0, 0.1) is 0 Å². The van der Waals surface area contributed by atoms with Crippen LogP contribution in [0.5, 0.6) is 11.5 Å². The molecule has 0 bridgehead atoms. The normalized spacial score (nSPS) is 11.1. The van der Waals surface area contributed by atoms with Gasteiger partial charge in [0.15, 0.2) is 9.84 Å². The number of hydrogen-bond donors (Lipinski definition) is 1. The summed E-state index contributed by atoms with van der Waals surface area (Å²) in [4.78, 5) is 14.8. The van der Waals surface area contributed by atoms with E-state index in [1.165, 1.54) is 30.5 Å². The largest absolute Gasteiger partial charge is 0.477 e. The second-order valence-corrected chi connectivity index (χ2v) is 6.04. The van der Waals surface area contributed by atoms with E-state index in [1.54, 1.807) is 6.07 Å². The van der Waals surface area contributed by atoms with Gasteiger partial charge in [-0.25, -0.2) is 13.2 Å². The van der Waals surface area contributed by atoms with Crippen LogP contribution in [-0.4, -0.2) is 30.7 Å². The zero-order valence-electron chi connectivity index (χ0n) is 10.5. The first-order valence-corrected chi connectivity index (χ1v) is 7.42. The summed E-state index contributed by atoms with van der Waals surface area (Å²) in [6.07, 6.45) is 3.64. The number of carboxylic acids is 1. The Morgan fingerprint density at radius 3 is 2.70 bits per heavy atom. The maximum absolute atomic E-state index is 11.5. The van der Waals surface area contributed by atoms with Gasteiger partial charge in [-0.3, -0.25) is 4.98 Å². The quantitative estimate of drug-likeness (QED) is 0.926. The molecule has 0 fully saturated rings. The van der Waals surface area contributed by atoms with Crippen LogP contribution >= 0.6 is 0 Å². The lowest BCUT2D eigenvalue weighted by atomic mass is 10.2. The molecule has 6 nitrogen and oxygen atoms in total. The molecule has 0 radical (unpaired) electrons. The number of hydrogen-bond acceptors (Lipinski definition) is 5. The smallest absolute Gasteiger partial charge is 0.341 e. The fraction of sp³-hybridized carbons (Fsp3) is 0.0769. The van der Waals surface area contributed by atoms with Gasteiger partial charge < -0.3 is 9.84 Å². The summed E-state index contributed by atoms with van der Waals surface area (Å²) in [6.45, 7) is 0. The lowest BCUT2D eigenvalue weighted by Crippen LogP contribution is -2.01. The van der Waals surface area contributed by atoms with Gasteiger partial charge in [-0.15, -0.1) is 0 Å². The zero-order chi connectivity index (χ0) is 14.8. The van der Waals surface area contributed by atoms with Crippen molar-refractivity contribution in [2.24, 2.45) is 0 Å². The lowest BCUT2D eigenvalue weighted by Gasteiger charge is -2.09. The molecule has 1 aromatic heterocycles. The van der Waals surface area contributed by atoms with Crippen LogP contribution < -0.4 is 4.74 Å². The van der Waals surface area contributed by atoms with Gasteiger partial charge in [-0.1, -0.05) is 6.07 Å². The number of rotatable bonds is 4. The molecule has 1 heterocycles. The Labute approximate surface area is 115 Å². The van der Waals surface area contributed by atoms with Gasteiger partial charge in [0.2, 0.25) is 0 Å². The van der Waals surface area contributed by atoms with Gasteiger partial charge in [-0.05, 0) is 18.2 Å². The number of carbonyl (C=O) groups is 1. The van der Waals surface area contributed by atoms with Gasteiger partial charge in [0.1, 0.15) is 17.1 Å². The number of carboxylic acid groups (broad SMARTS) is 1. The second-order valence-electron chi connectivity index (χ2n) is 4.03. The minimum Gasteiger partial charge on any atom is -0.477 e. The summed E-state index contributed by atoms with van der Waals surface area (Å²) in [5.41, 5.74) is -0.0998. The Hall–Kier alpha value is -2.41. The molecule has 0 spiro atoms. The minimum absolute atomic E-state index is 0.0955. The molecule has 2 rings (SSSR count). The predicted molar refractivity (Wildman–Crippen MR) is 70.8 cm³/mol. The van der Waals surface area contributed by atoms with E-state index in [0.29, 0.717) is 0 Å². The molecule has 104 valence electrons. The number of aromatic nitrogens is 1. The third-order valence-corrected chi connectivity index (χ3v) is 3.58. The van der Waals surface area contributed by atoms with E-state index >= 15 is 0 Å². The van der Waals surface area contributed by atoms with Crippen LogP contribution in [-0.2, 0) is 9.84 Å². The summed E-state index contributed by atoms with van der Waals surface area (Å²) in [7, 11) is -3.35. The molecule has 7 heteroatoms. The van der Waals surface area contributed by atoms with Crippen LogP contribution in [0.3, 0.4) is 0 Å². The number of sulfone groups is 1. The SMILES string of the molecule is CS(=O)(=O)c1cccc(Oc2ccncc2C(=O)O)c1. The first-order valence-electron chi connectivity index (χ1n) is 5.53. The first-order chi connectivity index (χ1) is 9.38. The second kappa shape index (κ2) is 5.30. The first kappa shape index (κ1) is 14.0. The molecule has 20 heavy (non-hydrogen) atoms. The maximum atomic E-state index is 11.5. The van der Waals surface area contributed by atoms with Crippen molar-refractivity contribution < 1.29 is 23.1 Å². The summed E-state index contributed by atoms with van der Waals surface area (Å²) in [5.74, 6) is -0.841. The Kier molecular flexibility index (Phi) is 3.71. The van der Waals surface area contributed by atoms with Gasteiger partial charge >= 0.3 is 5.97 Å². The molecule has 0 aliphatic carbocycles. The number of nitrogens with zero attached hydrogens (tertiary/aromatic N) is 1. The van der Waals surface area contributed by atoms with Crippen molar-refractivity contribution in [1.82, 2.24) is 4.98 Å². The summed E-state index contributed by atoms with van der Waals surface area (Å²) in [6, 6.07) is 7.24. The van der Waals surface area contributed by atoms with Crippen molar-refractivity contribution in [3.05, 3.63) is 48.3 Å². The molecule has 1 N–H and O–H groups in total. The van der Waals surface area contributed by atoms with E-state index in [2.05, 4.69) is 4.98 Å². The highest BCUT2D eigenvalue weighted by Gasteiger charge is 2.13. The van der Waals surface area contributed by atoms with Crippen LogP contribution in [0.15, 0.2) is 47.6 Å². The molecule has 0 aliphatic heterocycles. The van der Waals surface area contributed by atoms with Crippen molar-refractivity contribution in [3.63, 3.8) is 0 Å². The Morgan fingerprint density at radius 1 is 1.30 bits per heavy atom. The van der Waals surface area contributed by atoms with E-state index in [9.17, 15) is 13.2 Å². The highest BCUT2D eigenvalue weighted by Crippen LogP contribution is 2.26. The number of benzene rings is 1. The maximum Gasteiger partial charge on any atom is 0.341 e. The highest BCUT2D eigenvalue weighted by atomic mass is 32.2. The number of pyridine rings is 1. The minimum atomic E-state index is -3.35. The molecule has 0 atom stereocenters. The molecule has 0 amide bonds. The molecular formula is C13H11NO5S. The lowest BCUT2D eigenvalue weighted by molar-refractivity contribution is 0.0693. The molecule has 0 saturated carbocycles. The highest BCUT2D eigenvalue weighted by molar-refractivity contribution is 7.90. The Bertz CT molecular complexity index is 755. The van der Waals surface area contributed by atoms with Crippen LogP contribution in [0.25, 0.3) is 0 Å². The third kappa shape index (κ3) is 3.12.